The molecular formula is C10H13ClFNOS. The van der Waals surface area contributed by atoms with Gasteiger partial charge >= 0.3 is 0 Å². The number of nitrogen functional groups attached to an aromatic ring is 1. The van der Waals surface area contributed by atoms with E-state index < -0.39 is 5.82 Å². The van der Waals surface area contributed by atoms with E-state index in [2.05, 4.69) is 0 Å². The average molecular weight is 250 g/mol. The number of nitrogens with two attached hydrogens (primary N) is 1. The van der Waals surface area contributed by atoms with Crippen LogP contribution < -0.4 is 5.73 Å². The van der Waals surface area contributed by atoms with Crippen LogP contribution in [-0.2, 0) is 4.74 Å². The summed E-state index contributed by atoms with van der Waals surface area (Å²) in [7, 11) is 1.66. The first-order valence-corrected chi connectivity index (χ1v) is 5.87. The quantitative estimate of drug-likeness (QED) is 0.495. The van der Waals surface area contributed by atoms with Crippen molar-refractivity contribution in [3.05, 3.63) is 23.0 Å². The lowest BCUT2D eigenvalue weighted by Gasteiger charge is -2.06. The number of benzene rings is 1. The predicted molar refractivity (Wildman–Crippen MR) is 63.0 cm³/mol. The van der Waals surface area contributed by atoms with Crippen molar-refractivity contribution in [3.8, 4) is 0 Å². The maximum Gasteiger partial charge on any atom is 0.143 e. The normalized spacial score (nSPS) is 10.6. The highest BCUT2D eigenvalue weighted by Crippen LogP contribution is 2.30. The molecule has 2 nitrogen and oxygen atoms in total. The molecule has 1 aromatic rings. The predicted octanol–water partition coefficient (Wildman–Crippen LogP) is 3.19. The highest BCUT2D eigenvalue weighted by atomic mass is 35.5. The molecular weight excluding hydrogens is 237 g/mol. The van der Waals surface area contributed by atoms with Crippen molar-refractivity contribution >= 4 is 29.1 Å². The first-order chi connectivity index (χ1) is 7.15. The van der Waals surface area contributed by atoms with Crippen molar-refractivity contribution in [1.29, 1.82) is 0 Å². The SMILES string of the molecule is COCCCSc1cc(Cl)c(F)cc1N. The van der Waals surface area contributed by atoms with Gasteiger partial charge < -0.3 is 10.5 Å². The topological polar surface area (TPSA) is 35.2 Å². The molecule has 1 aromatic carbocycles. The minimum atomic E-state index is -0.476. The van der Waals surface area contributed by atoms with Gasteiger partial charge in [0.1, 0.15) is 5.82 Å². The van der Waals surface area contributed by atoms with E-state index in [9.17, 15) is 4.39 Å². The zero-order valence-corrected chi connectivity index (χ0v) is 10.00. The van der Waals surface area contributed by atoms with E-state index in [1.807, 2.05) is 0 Å². The summed E-state index contributed by atoms with van der Waals surface area (Å²) >= 11 is 7.21. The number of rotatable bonds is 5. The summed E-state index contributed by atoms with van der Waals surface area (Å²) in [6.07, 6.45) is 0.926. The molecule has 0 aliphatic rings. The first kappa shape index (κ1) is 12.6. The minimum absolute atomic E-state index is 0.110. The van der Waals surface area contributed by atoms with Gasteiger partial charge in [-0.05, 0) is 18.6 Å². The van der Waals surface area contributed by atoms with Crippen LogP contribution >= 0.6 is 23.4 Å². The van der Waals surface area contributed by atoms with Crippen LogP contribution in [0.25, 0.3) is 0 Å². The van der Waals surface area contributed by atoms with Gasteiger partial charge in [-0.2, -0.15) is 0 Å². The van der Waals surface area contributed by atoms with Crippen molar-refractivity contribution in [3.63, 3.8) is 0 Å². The van der Waals surface area contributed by atoms with E-state index in [4.69, 9.17) is 22.1 Å². The van der Waals surface area contributed by atoms with Gasteiger partial charge in [0.15, 0.2) is 0 Å². The van der Waals surface area contributed by atoms with E-state index in [-0.39, 0.29) is 5.02 Å². The van der Waals surface area contributed by atoms with Crippen molar-refractivity contribution in [2.45, 2.75) is 11.3 Å². The third kappa shape index (κ3) is 3.89. The summed E-state index contributed by atoms with van der Waals surface area (Å²) < 4.78 is 17.9. The second kappa shape index (κ2) is 6.20. The van der Waals surface area contributed by atoms with Gasteiger partial charge in [0, 0.05) is 30.1 Å². The Morgan fingerprint density at radius 2 is 2.27 bits per heavy atom. The molecule has 0 saturated carbocycles. The van der Waals surface area contributed by atoms with Crippen molar-refractivity contribution in [2.24, 2.45) is 0 Å². The molecule has 1 rings (SSSR count). The standard InChI is InChI=1S/C10H13ClFNOS/c1-14-3-2-4-15-10-5-7(11)8(12)6-9(10)13/h5-6H,2-4,13H2,1H3. The number of ether oxygens (including phenoxy) is 1. The van der Waals surface area contributed by atoms with Gasteiger partial charge in [0.25, 0.3) is 0 Å². The Morgan fingerprint density at radius 1 is 1.53 bits per heavy atom. The summed E-state index contributed by atoms with van der Waals surface area (Å²) in [4.78, 5) is 0.817. The van der Waals surface area contributed by atoms with Crippen LogP contribution in [0, 0.1) is 5.82 Å². The van der Waals surface area contributed by atoms with E-state index in [1.54, 1.807) is 24.9 Å². The molecule has 0 unspecified atom stereocenters. The van der Waals surface area contributed by atoms with Crippen molar-refractivity contribution in [1.82, 2.24) is 0 Å². The Hall–Kier alpha value is -0.450. The molecule has 5 heteroatoms. The van der Waals surface area contributed by atoms with E-state index in [0.29, 0.717) is 12.3 Å². The number of anilines is 1. The Labute approximate surface area is 97.9 Å². The Bertz CT molecular complexity index is 335. The minimum Gasteiger partial charge on any atom is -0.398 e. The zero-order chi connectivity index (χ0) is 11.3. The van der Waals surface area contributed by atoms with Crippen LogP contribution in [0.5, 0.6) is 0 Å². The van der Waals surface area contributed by atoms with E-state index >= 15 is 0 Å². The molecule has 0 aliphatic heterocycles. The van der Waals surface area contributed by atoms with Crippen LogP contribution in [0.4, 0.5) is 10.1 Å². The van der Waals surface area contributed by atoms with Crippen LogP contribution in [0.2, 0.25) is 5.02 Å². The van der Waals surface area contributed by atoms with E-state index in [0.717, 1.165) is 17.1 Å². The molecule has 0 amide bonds. The number of hydrogen-bond acceptors (Lipinski definition) is 3. The lowest BCUT2D eigenvalue weighted by atomic mass is 10.3. The summed E-state index contributed by atoms with van der Waals surface area (Å²) in [5.74, 6) is 0.399. The molecule has 0 saturated heterocycles. The number of halogens is 2. The number of hydrogen-bond donors (Lipinski definition) is 1. The highest BCUT2D eigenvalue weighted by Gasteiger charge is 2.06. The average Bonchev–Trinajstić information content (AvgIpc) is 2.20. The molecule has 84 valence electrons. The number of thioether (sulfide) groups is 1. The summed E-state index contributed by atoms with van der Waals surface area (Å²) in [5, 5.41) is 0.110. The Morgan fingerprint density at radius 3 is 2.93 bits per heavy atom. The van der Waals surface area contributed by atoms with Gasteiger partial charge in [-0.1, -0.05) is 11.6 Å². The largest absolute Gasteiger partial charge is 0.398 e. The van der Waals surface area contributed by atoms with Gasteiger partial charge in [0.2, 0.25) is 0 Å². The van der Waals surface area contributed by atoms with Crippen LogP contribution in [-0.4, -0.2) is 19.5 Å². The molecule has 0 spiro atoms. The fourth-order valence-corrected chi connectivity index (χ4v) is 2.19. The van der Waals surface area contributed by atoms with Gasteiger partial charge in [-0.25, -0.2) is 4.39 Å². The van der Waals surface area contributed by atoms with Crippen LogP contribution in [0.1, 0.15) is 6.42 Å². The highest BCUT2D eigenvalue weighted by molar-refractivity contribution is 7.99. The van der Waals surface area contributed by atoms with Crippen LogP contribution in [0.15, 0.2) is 17.0 Å². The van der Waals surface area contributed by atoms with E-state index in [1.165, 1.54) is 6.07 Å². The maximum absolute atomic E-state index is 13.0. The zero-order valence-electron chi connectivity index (χ0n) is 8.43. The second-order valence-corrected chi connectivity index (χ2v) is 4.54. The monoisotopic (exact) mass is 249 g/mol. The van der Waals surface area contributed by atoms with Gasteiger partial charge in [-0.15, -0.1) is 11.8 Å². The molecule has 0 fully saturated rings. The first-order valence-electron chi connectivity index (χ1n) is 4.51. The third-order valence-electron chi connectivity index (χ3n) is 1.80. The number of methoxy groups -OCH3 is 1. The molecule has 15 heavy (non-hydrogen) atoms. The second-order valence-electron chi connectivity index (χ2n) is 3.00. The molecule has 0 atom stereocenters. The summed E-state index contributed by atoms with van der Waals surface area (Å²) in [5.41, 5.74) is 6.08. The summed E-state index contributed by atoms with van der Waals surface area (Å²) in [6, 6.07) is 2.81. The Kier molecular flexibility index (Phi) is 5.22. The maximum atomic E-state index is 13.0. The molecule has 0 aromatic heterocycles. The van der Waals surface area contributed by atoms with Crippen molar-refractivity contribution < 1.29 is 9.13 Å². The Balaban J connectivity index is 2.57. The lowest BCUT2D eigenvalue weighted by molar-refractivity contribution is 0.200. The van der Waals surface area contributed by atoms with Crippen molar-refractivity contribution in [2.75, 3.05) is 25.2 Å². The third-order valence-corrected chi connectivity index (χ3v) is 3.25. The molecule has 2 N–H and O–H groups in total. The lowest BCUT2D eigenvalue weighted by Crippen LogP contribution is -1.94. The van der Waals surface area contributed by atoms with Gasteiger partial charge in [-0.3, -0.25) is 0 Å². The molecule has 0 aliphatic carbocycles. The fraction of sp³-hybridized carbons (Fsp3) is 0.400. The molecule has 0 radical (unpaired) electrons. The molecule has 0 heterocycles. The smallest absolute Gasteiger partial charge is 0.143 e. The van der Waals surface area contributed by atoms with Gasteiger partial charge in [0.05, 0.1) is 5.02 Å². The van der Waals surface area contributed by atoms with Crippen LogP contribution in [0.3, 0.4) is 0 Å². The summed E-state index contributed by atoms with van der Waals surface area (Å²) in [6.45, 7) is 0.710. The fourth-order valence-electron chi connectivity index (χ4n) is 1.05. The molecule has 0 bridgehead atoms.